The van der Waals surface area contributed by atoms with Crippen LogP contribution in [0.4, 0.5) is 10.2 Å². The maximum absolute atomic E-state index is 14.8. The molecule has 0 saturated heterocycles. The van der Waals surface area contributed by atoms with E-state index in [0.717, 1.165) is 0 Å². The van der Waals surface area contributed by atoms with Crippen molar-refractivity contribution in [3.8, 4) is 0 Å². The number of aromatic nitrogens is 1. The molecule has 5 nitrogen and oxygen atoms in total. The van der Waals surface area contributed by atoms with E-state index in [4.69, 9.17) is 16.0 Å². The Labute approximate surface area is 175 Å². The quantitative estimate of drug-likeness (QED) is 0.456. The first-order valence-corrected chi connectivity index (χ1v) is 9.61. The van der Waals surface area contributed by atoms with Gasteiger partial charge < -0.3 is 4.42 Å². The Morgan fingerprint density at radius 3 is 2.63 bits per heavy atom. The van der Waals surface area contributed by atoms with Crippen molar-refractivity contribution in [2.45, 2.75) is 13.0 Å². The average molecular weight is 421 g/mol. The number of rotatable bonds is 2. The third kappa shape index (κ3) is 2.72. The van der Waals surface area contributed by atoms with Gasteiger partial charge in [-0.2, -0.15) is 0 Å². The molecule has 1 aliphatic rings. The van der Waals surface area contributed by atoms with Crippen molar-refractivity contribution in [2.75, 3.05) is 4.90 Å². The number of fused-ring (bicyclic) bond motifs is 2. The first-order chi connectivity index (χ1) is 14.5. The van der Waals surface area contributed by atoms with Crippen LogP contribution in [-0.4, -0.2) is 10.9 Å². The van der Waals surface area contributed by atoms with E-state index < -0.39 is 23.2 Å². The van der Waals surface area contributed by atoms with Gasteiger partial charge in [-0.25, -0.2) is 9.37 Å². The predicted molar refractivity (Wildman–Crippen MR) is 112 cm³/mol. The second-order valence-corrected chi connectivity index (χ2v) is 7.49. The van der Waals surface area contributed by atoms with Crippen LogP contribution in [0.1, 0.15) is 33.4 Å². The van der Waals surface area contributed by atoms with Crippen molar-refractivity contribution in [3.05, 3.63) is 104 Å². The van der Waals surface area contributed by atoms with Crippen LogP contribution in [-0.2, 0) is 0 Å². The zero-order valence-electron chi connectivity index (χ0n) is 15.7. The molecule has 1 amide bonds. The molecule has 2 aromatic heterocycles. The van der Waals surface area contributed by atoms with Gasteiger partial charge in [0.25, 0.3) is 5.91 Å². The molecule has 4 aromatic rings. The van der Waals surface area contributed by atoms with Gasteiger partial charge in [-0.3, -0.25) is 14.5 Å². The molecular formula is C23H14ClFN2O3. The van der Waals surface area contributed by atoms with Crippen molar-refractivity contribution in [2.24, 2.45) is 0 Å². The minimum Gasteiger partial charge on any atom is -0.450 e. The summed E-state index contributed by atoms with van der Waals surface area (Å²) in [5, 5.41) is 0.591. The van der Waals surface area contributed by atoms with E-state index in [2.05, 4.69) is 4.98 Å². The number of carbonyl (C=O) groups excluding carboxylic acids is 1. The molecule has 0 radical (unpaired) electrons. The molecule has 2 aromatic carbocycles. The Hall–Kier alpha value is -3.51. The predicted octanol–water partition coefficient (Wildman–Crippen LogP) is 5.04. The number of anilines is 1. The second kappa shape index (κ2) is 6.78. The SMILES string of the molecule is Cc1cccc(N2C(=O)c3oc4ccc(Cl)cc4c(=O)c3C2c2ccccc2F)n1. The zero-order chi connectivity index (χ0) is 21.0. The van der Waals surface area contributed by atoms with Crippen LogP contribution in [0.2, 0.25) is 5.02 Å². The third-order valence-corrected chi connectivity index (χ3v) is 5.39. The van der Waals surface area contributed by atoms with E-state index in [1.807, 2.05) is 0 Å². The molecule has 30 heavy (non-hydrogen) atoms. The first kappa shape index (κ1) is 18.5. The fourth-order valence-corrected chi connectivity index (χ4v) is 4.01. The van der Waals surface area contributed by atoms with Gasteiger partial charge in [0.1, 0.15) is 17.2 Å². The number of pyridine rings is 1. The second-order valence-electron chi connectivity index (χ2n) is 7.05. The number of aryl methyl sites for hydroxylation is 1. The van der Waals surface area contributed by atoms with E-state index in [-0.39, 0.29) is 27.9 Å². The summed E-state index contributed by atoms with van der Waals surface area (Å²) >= 11 is 6.06. The van der Waals surface area contributed by atoms with E-state index >= 15 is 0 Å². The molecule has 148 valence electrons. The van der Waals surface area contributed by atoms with Gasteiger partial charge in [0.05, 0.1) is 17.0 Å². The van der Waals surface area contributed by atoms with Gasteiger partial charge in [-0.05, 0) is 43.3 Å². The van der Waals surface area contributed by atoms with Crippen LogP contribution in [0.25, 0.3) is 11.0 Å². The standard InChI is InChI=1S/C23H14ClFN2O3/c1-12-5-4-8-18(26-12)27-20(14-6-2-3-7-16(14)25)19-21(28)15-11-13(24)9-10-17(15)30-22(19)23(27)29/h2-11,20H,1H3. The van der Waals surface area contributed by atoms with Crippen LogP contribution >= 0.6 is 11.6 Å². The lowest BCUT2D eigenvalue weighted by Crippen LogP contribution is -2.31. The number of halogens is 2. The molecule has 0 saturated carbocycles. The topological polar surface area (TPSA) is 63.4 Å². The lowest BCUT2D eigenvalue weighted by molar-refractivity contribution is 0.0970. The van der Waals surface area contributed by atoms with Crippen molar-refractivity contribution in [3.63, 3.8) is 0 Å². The van der Waals surface area contributed by atoms with Gasteiger partial charge in [0, 0.05) is 16.3 Å². The zero-order valence-corrected chi connectivity index (χ0v) is 16.5. The number of hydrogen-bond acceptors (Lipinski definition) is 4. The van der Waals surface area contributed by atoms with Gasteiger partial charge in [-0.15, -0.1) is 0 Å². The van der Waals surface area contributed by atoms with E-state index in [1.54, 1.807) is 49.4 Å². The van der Waals surface area contributed by atoms with E-state index in [0.29, 0.717) is 16.5 Å². The van der Waals surface area contributed by atoms with Crippen LogP contribution in [0.3, 0.4) is 0 Å². The molecule has 0 N–H and O–H groups in total. The average Bonchev–Trinajstić information content (AvgIpc) is 3.01. The van der Waals surface area contributed by atoms with Crippen LogP contribution < -0.4 is 10.3 Å². The van der Waals surface area contributed by atoms with Gasteiger partial charge in [0.2, 0.25) is 5.76 Å². The number of hydrogen-bond donors (Lipinski definition) is 0. The summed E-state index contributed by atoms with van der Waals surface area (Å²) in [7, 11) is 0. The maximum Gasteiger partial charge on any atom is 0.296 e. The summed E-state index contributed by atoms with van der Waals surface area (Å²) in [5.74, 6) is -0.899. The minimum absolute atomic E-state index is 0.0724. The summed E-state index contributed by atoms with van der Waals surface area (Å²) in [5.41, 5.74) is 0.748. The maximum atomic E-state index is 14.8. The summed E-state index contributed by atoms with van der Waals surface area (Å²) < 4.78 is 20.7. The summed E-state index contributed by atoms with van der Waals surface area (Å²) in [6.07, 6.45) is 0. The van der Waals surface area contributed by atoms with Crippen molar-refractivity contribution in [1.29, 1.82) is 0 Å². The first-order valence-electron chi connectivity index (χ1n) is 9.23. The highest BCUT2D eigenvalue weighted by Crippen LogP contribution is 2.41. The van der Waals surface area contributed by atoms with Gasteiger partial charge in [-0.1, -0.05) is 35.9 Å². The minimum atomic E-state index is -1.01. The molecule has 3 heterocycles. The smallest absolute Gasteiger partial charge is 0.296 e. The molecule has 1 aliphatic heterocycles. The van der Waals surface area contributed by atoms with Crippen LogP contribution in [0, 0.1) is 12.7 Å². The lowest BCUT2D eigenvalue weighted by Gasteiger charge is -2.24. The van der Waals surface area contributed by atoms with Crippen LogP contribution in [0.15, 0.2) is 69.9 Å². The normalized spacial score (nSPS) is 15.6. The Morgan fingerprint density at radius 2 is 1.87 bits per heavy atom. The van der Waals surface area contributed by atoms with Crippen molar-refractivity contribution < 1.29 is 13.6 Å². The molecule has 0 aliphatic carbocycles. The monoisotopic (exact) mass is 420 g/mol. The number of nitrogens with zero attached hydrogens (tertiary/aromatic N) is 2. The molecule has 0 bridgehead atoms. The fraction of sp³-hybridized carbons (Fsp3) is 0.0870. The van der Waals surface area contributed by atoms with Crippen molar-refractivity contribution in [1.82, 2.24) is 4.98 Å². The van der Waals surface area contributed by atoms with Crippen molar-refractivity contribution >= 4 is 34.3 Å². The van der Waals surface area contributed by atoms with Gasteiger partial charge in [0.15, 0.2) is 5.43 Å². The Balaban J connectivity index is 1.86. The molecular weight excluding hydrogens is 407 g/mol. The summed E-state index contributed by atoms with van der Waals surface area (Å²) in [6, 6.07) is 14.8. The highest BCUT2D eigenvalue weighted by molar-refractivity contribution is 6.31. The molecule has 1 unspecified atom stereocenters. The summed E-state index contributed by atoms with van der Waals surface area (Å²) in [6.45, 7) is 1.79. The fourth-order valence-electron chi connectivity index (χ4n) is 3.84. The largest absolute Gasteiger partial charge is 0.450 e. The highest BCUT2D eigenvalue weighted by Gasteiger charge is 2.45. The third-order valence-electron chi connectivity index (χ3n) is 5.15. The Bertz CT molecular complexity index is 1400. The Morgan fingerprint density at radius 1 is 1.07 bits per heavy atom. The summed E-state index contributed by atoms with van der Waals surface area (Å²) in [4.78, 5) is 32.5. The van der Waals surface area contributed by atoms with Crippen LogP contribution in [0.5, 0.6) is 0 Å². The number of carbonyl (C=O) groups is 1. The molecule has 0 fully saturated rings. The van der Waals surface area contributed by atoms with E-state index in [9.17, 15) is 14.0 Å². The number of benzene rings is 2. The highest BCUT2D eigenvalue weighted by atomic mass is 35.5. The Kier molecular flexibility index (Phi) is 4.18. The van der Waals surface area contributed by atoms with E-state index in [1.165, 1.54) is 23.1 Å². The van der Waals surface area contributed by atoms with Gasteiger partial charge >= 0.3 is 0 Å². The lowest BCUT2D eigenvalue weighted by atomic mass is 9.98. The molecule has 7 heteroatoms. The molecule has 5 rings (SSSR count). The molecule has 0 spiro atoms. The molecule has 1 atom stereocenters. The number of amides is 1.